The van der Waals surface area contributed by atoms with Crippen molar-refractivity contribution in [3.8, 4) is 0 Å². The van der Waals surface area contributed by atoms with E-state index in [0.29, 0.717) is 22.3 Å². The molecule has 0 fully saturated rings. The van der Waals surface area contributed by atoms with Gasteiger partial charge in [0.25, 0.3) is 0 Å². The second-order valence-electron chi connectivity index (χ2n) is 4.83. The zero-order chi connectivity index (χ0) is 15.6. The first-order valence-corrected chi connectivity index (χ1v) is 7.15. The number of ether oxygens (including phenoxy) is 1. The van der Waals surface area contributed by atoms with Crippen LogP contribution >= 0.6 is 23.2 Å². The summed E-state index contributed by atoms with van der Waals surface area (Å²) >= 11 is 12.3. The molecule has 21 heavy (non-hydrogen) atoms. The van der Waals surface area contributed by atoms with Gasteiger partial charge in [-0.15, -0.1) is 5.10 Å². The van der Waals surface area contributed by atoms with E-state index in [-0.39, 0.29) is 11.6 Å². The van der Waals surface area contributed by atoms with Gasteiger partial charge >= 0.3 is 5.97 Å². The van der Waals surface area contributed by atoms with Crippen molar-refractivity contribution in [1.82, 2.24) is 15.0 Å². The van der Waals surface area contributed by atoms with Gasteiger partial charge < -0.3 is 4.74 Å². The summed E-state index contributed by atoms with van der Waals surface area (Å²) in [6.45, 7) is 4.25. The second kappa shape index (κ2) is 6.45. The van der Waals surface area contributed by atoms with Crippen molar-refractivity contribution in [3.63, 3.8) is 0 Å². The van der Waals surface area contributed by atoms with E-state index in [4.69, 9.17) is 27.9 Å². The summed E-state index contributed by atoms with van der Waals surface area (Å²) in [5.41, 5.74) is 1.65. The molecule has 0 saturated carbocycles. The molecule has 112 valence electrons. The molecule has 0 amide bonds. The summed E-state index contributed by atoms with van der Waals surface area (Å²) in [4.78, 5) is 11.7. The van der Waals surface area contributed by atoms with Crippen LogP contribution in [0.1, 0.15) is 41.5 Å². The van der Waals surface area contributed by atoms with Gasteiger partial charge in [0.2, 0.25) is 0 Å². The maximum absolute atomic E-state index is 11.7. The van der Waals surface area contributed by atoms with Crippen molar-refractivity contribution in [2.45, 2.75) is 26.3 Å². The number of carbonyl (C=O) groups is 1. The molecule has 2 aromatic rings. The lowest BCUT2D eigenvalue weighted by Gasteiger charge is -2.12. The molecule has 0 aliphatic carbocycles. The fourth-order valence-electron chi connectivity index (χ4n) is 2.08. The van der Waals surface area contributed by atoms with Gasteiger partial charge in [-0.05, 0) is 18.1 Å². The summed E-state index contributed by atoms with van der Waals surface area (Å²) in [6.07, 6.45) is 0. The van der Waals surface area contributed by atoms with Gasteiger partial charge in [0.1, 0.15) is 0 Å². The number of esters is 1. The van der Waals surface area contributed by atoms with Gasteiger partial charge in [0.15, 0.2) is 5.69 Å². The Morgan fingerprint density at radius 3 is 2.48 bits per heavy atom. The van der Waals surface area contributed by atoms with E-state index in [9.17, 15) is 4.79 Å². The van der Waals surface area contributed by atoms with Crippen molar-refractivity contribution in [2.24, 2.45) is 0 Å². The molecule has 0 bridgehead atoms. The first-order valence-electron chi connectivity index (χ1n) is 6.40. The highest BCUT2D eigenvalue weighted by molar-refractivity contribution is 6.35. The fourth-order valence-corrected chi connectivity index (χ4v) is 2.60. The minimum atomic E-state index is -0.504. The molecule has 0 aliphatic heterocycles. The molecule has 1 aromatic carbocycles. The van der Waals surface area contributed by atoms with Crippen molar-refractivity contribution >= 4 is 29.2 Å². The normalized spacial score (nSPS) is 11.0. The van der Waals surface area contributed by atoms with Crippen LogP contribution in [0.2, 0.25) is 10.0 Å². The van der Waals surface area contributed by atoms with Gasteiger partial charge in [0.05, 0.1) is 19.3 Å². The molecular weight excluding hydrogens is 313 g/mol. The van der Waals surface area contributed by atoms with Gasteiger partial charge in [-0.3, -0.25) is 0 Å². The number of carbonyl (C=O) groups excluding carboxylic acids is 1. The Morgan fingerprint density at radius 2 is 1.95 bits per heavy atom. The van der Waals surface area contributed by atoms with Crippen molar-refractivity contribution in [1.29, 1.82) is 0 Å². The molecule has 1 heterocycles. The monoisotopic (exact) mass is 327 g/mol. The topological polar surface area (TPSA) is 57.0 Å². The van der Waals surface area contributed by atoms with Gasteiger partial charge in [-0.2, -0.15) is 0 Å². The lowest BCUT2D eigenvalue weighted by molar-refractivity contribution is 0.0592. The average molecular weight is 328 g/mol. The van der Waals surface area contributed by atoms with Crippen LogP contribution in [-0.2, 0) is 11.3 Å². The van der Waals surface area contributed by atoms with E-state index in [0.717, 1.165) is 5.56 Å². The van der Waals surface area contributed by atoms with Crippen molar-refractivity contribution < 1.29 is 9.53 Å². The van der Waals surface area contributed by atoms with Crippen LogP contribution in [0.3, 0.4) is 0 Å². The molecule has 7 heteroatoms. The maximum atomic E-state index is 11.7. The van der Waals surface area contributed by atoms with E-state index in [1.54, 1.807) is 22.9 Å². The Kier molecular flexibility index (Phi) is 4.85. The van der Waals surface area contributed by atoms with Crippen LogP contribution in [-0.4, -0.2) is 28.1 Å². The zero-order valence-corrected chi connectivity index (χ0v) is 13.4. The standard InChI is InChI=1S/C14H15Cl2N3O2/c1-8(2)13-12(14(20)21-3)17-18-19(13)7-9-10(15)5-4-6-11(9)16/h4-6,8H,7H2,1-3H3. The largest absolute Gasteiger partial charge is 0.464 e. The average Bonchev–Trinajstić information content (AvgIpc) is 2.86. The third-order valence-corrected chi connectivity index (χ3v) is 3.78. The first-order chi connectivity index (χ1) is 9.95. The van der Waals surface area contributed by atoms with Crippen LogP contribution in [0.15, 0.2) is 18.2 Å². The smallest absolute Gasteiger partial charge is 0.360 e. The summed E-state index contributed by atoms with van der Waals surface area (Å²) in [5.74, 6) is -0.453. The molecule has 1 aromatic heterocycles. The number of rotatable bonds is 4. The van der Waals surface area contributed by atoms with Gasteiger partial charge in [0, 0.05) is 15.6 Å². The summed E-state index contributed by atoms with van der Waals surface area (Å²) in [5, 5.41) is 9.05. The Bertz CT molecular complexity index is 648. The van der Waals surface area contributed by atoms with E-state index in [2.05, 4.69) is 10.3 Å². The minimum Gasteiger partial charge on any atom is -0.464 e. The van der Waals surface area contributed by atoms with E-state index < -0.39 is 5.97 Å². The quantitative estimate of drug-likeness (QED) is 0.806. The highest BCUT2D eigenvalue weighted by Crippen LogP contribution is 2.27. The number of aromatic nitrogens is 3. The van der Waals surface area contributed by atoms with Crippen LogP contribution in [0.5, 0.6) is 0 Å². The third kappa shape index (κ3) is 3.19. The molecule has 0 unspecified atom stereocenters. The van der Waals surface area contributed by atoms with E-state index in [1.807, 2.05) is 13.8 Å². The lowest BCUT2D eigenvalue weighted by atomic mass is 10.1. The Hall–Kier alpha value is -1.59. The van der Waals surface area contributed by atoms with E-state index >= 15 is 0 Å². The zero-order valence-electron chi connectivity index (χ0n) is 11.9. The highest BCUT2D eigenvalue weighted by atomic mass is 35.5. The summed E-state index contributed by atoms with van der Waals surface area (Å²) in [7, 11) is 1.32. The second-order valence-corrected chi connectivity index (χ2v) is 5.64. The summed E-state index contributed by atoms with van der Waals surface area (Å²) in [6, 6.07) is 5.30. The molecule has 0 aliphatic rings. The fraction of sp³-hybridized carbons (Fsp3) is 0.357. The third-order valence-electron chi connectivity index (χ3n) is 3.07. The molecule has 0 saturated heterocycles. The molecule has 0 atom stereocenters. The number of halogens is 2. The molecule has 5 nitrogen and oxygen atoms in total. The molecule has 0 N–H and O–H groups in total. The molecule has 0 spiro atoms. The number of hydrogen-bond acceptors (Lipinski definition) is 4. The van der Waals surface area contributed by atoms with Gasteiger partial charge in [-0.25, -0.2) is 9.48 Å². The van der Waals surface area contributed by atoms with E-state index in [1.165, 1.54) is 7.11 Å². The van der Waals surface area contributed by atoms with Crippen molar-refractivity contribution in [2.75, 3.05) is 7.11 Å². The molecular formula is C14H15Cl2N3O2. The number of nitrogens with zero attached hydrogens (tertiary/aromatic N) is 3. The Labute approximate surface area is 132 Å². The maximum Gasteiger partial charge on any atom is 0.360 e. The number of benzene rings is 1. The van der Waals surface area contributed by atoms with Crippen molar-refractivity contribution in [3.05, 3.63) is 45.2 Å². The lowest BCUT2D eigenvalue weighted by Crippen LogP contribution is -2.12. The predicted molar refractivity (Wildman–Crippen MR) is 81.0 cm³/mol. The highest BCUT2D eigenvalue weighted by Gasteiger charge is 2.23. The number of methoxy groups -OCH3 is 1. The van der Waals surface area contributed by atoms with Crippen LogP contribution in [0.25, 0.3) is 0 Å². The van der Waals surface area contributed by atoms with Crippen LogP contribution in [0.4, 0.5) is 0 Å². The number of hydrogen-bond donors (Lipinski definition) is 0. The molecule has 0 radical (unpaired) electrons. The first kappa shape index (κ1) is 15.8. The summed E-state index contributed by atoms with van der Waals surface area (Å²) < 4.78 is 6.36. The molecule has 2 rings (SSSR count). The van der Waals surface area contributed by atoms with Crippen LogP contribution < -0.4 is 0 Å². The SMILES string of the molecule is COC(=O)c1nnn(Cc2c(Cl)cccc2Cl)c1C(C)C. The minimum absolute atomic E-state index is 0.0513. The Morgan fingerprint density at radius 1 is 1.33 bits per heavy atom. The van der Waals surface area contributed by atoms with Gasteiger partial charge in [-0.1, -0.05) is 48.3 Å². The predicted octanol–water partition coefficient (Wildman–Crippen LogP) is 3.54. The Balaban J connectivity index is 2.46. The van der Waals surface area contributed by atoms with Crippen LogP contribution in [0, 0.1) is 0 Å².